The van der Waals surface area contributed by atoms with Crippen LogP contribution in [0.2, 0.25) is 0 Å². The number of aromatic hydroxyl groups is 2. The third-order valence-electron chi connectivity index (χ3n) is 3.46. The summed E-state index contributed by atoms with van der Waals surface area (Å²) in [6.07, 6.45) is 0. The first-order valence-electron chi connectivity index (χ1n) is 5.91. The summed E-state index contributed by atoms with van der Waals surface area (Å²) in [6, 6.07) is 10.9. The van der Waals surface area contributed by atoms with Crippen molar-refractivity contribution in [3.05, 3.63) is 59.7 Å². The van der Waals surface area contributed by atoms with Crippen LogP contribution in [-0.2, 0) is 5.41 Å². The molecule has 0 fully saturated rings. The summed E-state index contributed by atoms with van der Waals surface area (Å²) >= 11 is 5.33. The third kappa shape index (κ3) is 2.43. The molecule has 0 amide bonds. The van der Waals surface area contributed by atoms with E-state index in [1.54, 1.807) is 0 Å². The zero-order chi connectivity index (χ0) is 15.0. The lowest BCUT2D eigenvalue weighted by molar-refractivity contribution is 0.0315. The highest BCUT2D eigenvalue weighted by atomic mass is 35.5. The molecule has 2 rings (SSSR count). The topological polar surface area (TPSA) is 40.5 Å². The summed E-state index contributed by atoms with van der Waals surface area (Å²) in [5.41, 5.74) is -1.25. The molecule has 2 nitrogen and oxygen atoms in total. The van der Waals surface area contributed by atoms with Crippen LogP contribution in [0.1, 0.15) is 18.1 Å². The number of benzene rings is 2. The highest BCUT2D eigenvalue weighted by molar-refractivity contribution is 6.23. The number of halogens is 3. The molecule has 0 saturated carbocycles. The lowest BCUT2D eigenvalue weighted by Gasteiger charge is -2.34. The second kappa shape index (κ2) is 4.94. The van der Waals surface area contributed by atoms with Gasteiger partial charge in [0.2, 0.25) is 0 Å². The molecule has 0 atom stereocenters. The van der Waals surface area contributed by atoms with Crippen LogP contribution in [0.3, 0.4) is 0 Å². The predicted molar refractivity (Wildman–Crippen MR) is 73.5 cm³/mol. The number of hydrogen-bond acceptors (Lipinski definition) is 2. The first kappa shape index (κ1) is 14.6. The monoisotopic (exact) mass is 298 g/mol. The van der Waals surface area contributed by atoms with Crippen molar-refractivity contribution >= 4 is 11.6 Å². The van der Waals surface area contributed by atoms with Crippen molar-refractivity contribution < 1.29 is 19.0 Å². The van der Waals surface area contributed by atoms with E-state index in [1.165, 1.54) is 55.5 Å². The van der Waals surface area contributed by atoms with Crippen LogP contribution in [0.5, 0.6) is 11.5 Å². The summed E-state index contributed by atoms with van der Waals surface area (Å²) < 4.78 is 28.0. The van der Waals surface area contributed by atoms with Crippen molar-refractivity contribution in [1.29, 1.82) is 0 Å². The molecule has 2 aromatic rings. The van der Waals surface area contributed by atoms with E-state index in [1.807, 2.05) is 0 Å². The van der Waals surface area contributed by atoms with E-state index >= 15 is 0 Å². The fraction of sp³-hybridized carbons (Fsp3) is 0.200. The number of alkyl halides is 3. The average Bonchev–Trinajstić information content (AvgIpc) is 2.38. The van der Waals surface area contributed by atoms with Gasteiger partial charge in [0.15, 0.2) is 0 Å². The van der Waals surface area contributed by atoms with E-state index in [9.17, 15) is 19.0 Å². The maximum Gasteiger partial charge on any atom is 0.334 e. The molecule has 0 aliphatic heterocycles. The van der Waals surface area contributed by atoms with Gasteiger partial charge in [0.25, 0.3) is 0 Å². The Hall–Kier alpha value is -1.81. The molecule has 0 spiro atoms. The fourth-order valence-electron chi connectivity index (χ4n) is 2.08. The lowest BCUT2D eigenvalue weighted by atomic mass is 9.76. The number of rotatable bonds is 3. The Balaban J connectivity index is 2.62. The van der Waals surface area contributed by atoms with E-state index in [4.69, 9.17) is 11.6 Å². The summed E-state index contributed by atoms with van der Waals surface area (Å²) in [4.78, 5) is 0. The average molecular weight is 299 g/mol. The fourth-order valence-corrected chi connectivity index (χ4v) is 2.30. The molecule has 0 aliphatic carbocycles. The van der Waals surface area contributed by atoms with Crippen LogP contribution in [-0.4, -0.2) is 15.6 Å². The summed E-state index contributed by atoms with van der Waals surface area (Å²) in [5, 5.41) is 15.0. The molecule has 2 N–H and O–H groups in total. The minimum atomic E-state index is -3.54. The molecule has 0 aliphatic rings. The highest BCUT2D eigenvalue weighted by Crippen LogP contribution is 2.47. The molecule has 2 aromatic carbocycles. The number of hydrogen-bond donors (Lipinski definition) is 2. The highest BCUT2D eigenvalue weighted by Gasteiger charge is 2.51. The zero-order valence-corrected chi connectivity index (χ0v) is 11.4. The first-order valence-corrected chi connectivity index (χ1v) is 6.28. The SMILES string of the molecule is CC(c1ccc(O)cc1)(c1ccc(O)cc1)C(F)(F)Cl. The van der Waals surface area contributed by atoms with E-state index in [0.717, 1.165) is 0 Å². The Bertz CT molecular complexity index is 543. The number of phenols is 2. The Morgan fingerprint density at radius 1 is 0.800 bits per heavy atom. The number of phenolic OH excluding ortho intramolecular Hbond substituents is 2. The molecular weight excluding hydrogens is 286 g/mol. The Kier molecular flexibility index (Phi) is 3.61. The molecule has 0 unspecified atom stereocenters. The van der Waals surface area contributed by atoms with Gasteiger partial charge >= 0.3 is 5.38 Å². The third-order valence-corrected chi connectivity index (χ3v) is 3.83. The molecule has 5 heteroatoms. The van der Waals surface area contributed by atoms with Crippen LogP contribution in [0.15, 0.2) is 48.5 Å². The van der Waals surface area contributed by atoms with Crippen LogP contribution in [0.25, 0.3) is 0 Å². The lowest BCUT2D eigenvalue weighted by Crippen LogP contribution is -2.39. The van der Waals surface area contributed by atoms with E-state index in [2.05, 4.69) is 0 Å². The smallest absolute Gasteiger partial charge is 0.334 e. The van der Waals surface area contributed by atoms with Crippen molar-refractivity contribution in [3.63, 3.8) is 0 Å². The van der Waals surface area contributed by atoms with Crippen LogP contribution in [0.4, 0.5) is 8.78 Å². The minimum Gasteiger partial charge on any atom is -0.508 e. The molecule has 20 heavy (non-hydrogen) atoms. The quantitative estimate of drug-likeness (QED) is 0.832. The van der Waals surface area contributed by atoms with E-state index < -0.39 is 10.8 Å². The standard InChI is InChI=1S/C15H13ClF2O2/c1-14(15(16,17)18,10-2-6-12(19)7-3-10)11-4-8-13(20)9-5-11/h2-9,19-20H,1H3. The van der Waals surface area contributed by atoms with Gasteiger partial charge in [-0.15, -0.1) is 0 Å². The van der Waals surface area contributed by atoms with Crippen molar-refractivity contribution in [2.24, 2.45) is 0 Å². The second-order valence-corrected chi connectivity index (χ2v) is 5.19. The van der Waals surface area contributed by atoms with Gasteiger partial charge in [-0.1, -0.05) is 24.3 Å². The predicted octanol–water partition coefficient (Wildman–Crippen LogP) is 4.24. The Morgan fingerprint density at radius 2 is 1.10 bits per heavy atom. The summed E-state index contributed by atoms with van der Waals surface area (Å²) in [7, 11) is 0. The largest absolute Gasteiger partial charge is 0.508 e. The van der Waals surface area contributed by atoms with Gasteiger partial charge in [0, 0.05) is 0 Å². The minimum absolute atomic E-state index is 0.0142. The van der Waals surface area contributed by atoms with Gasteiger partial charge in [0.05, 0.1) is 5.41 Å². The Morgan fingerprint density at radius 3 is 1.35 bits per heavy atom. The van der Waals surface area contributed by atoms with Crippen molar-refractivity contribution in [2.75, 3.05) is 0 Å². The van der Waals surface area contributed by atoms with Gasteiger partial charge in [-0.05, 0) is 53.9 Å². The Labute approximate surface area is 120 Å². The molecule has 0 heterocycles. The van der Waals surface area contributed by atoms with Crippen LogP contribution < -0.4 is 0 Å². The normalized spacial score (nSPS) is 12.4. The molecule has 0 aromatic heterocycles. The zero-order valence-electron chi connectivity index (χ0n) is 10.6. The maximum atomic E-state index is 14.0. The molecule has 0 saturated heterocycles. The van der Waals surface area contributed by atoms with Crippen LogP contribution in [0, 0.1) is 0 Å². The van der Waals surface area contributed by atoms with Gasteiger partial charge in [0.1, 0.15) is 11.5 Å². The maximum absolute atomic E-state index is 14.0. The molecule has 0 radical (unpaired) electrons. The van der Waals surface area contributed by atoms with Crippen molar-refractivity contribution in [3.8, 4) is 11.5 Å². The van der Waals surface area contributed by atoms with Gasteiger partial charge in [-0.3, -0.25) is 0 Å². The molecule has 106 valence electrons. The van der Waals surface area contributed by atoms with Gasteiger partial charge < -0.3 is 10.2 Å². The molecule has 0 bridgehead atoms. The van der Waals surface area contributed by atoms with E-state index in [0.29, 0.717) is 0 Å². The van der Waals surface area contributed by atoms with Crippen LogP contribution >= 0.6 is 11.6 Å². The second-order valence-electron chi connectivity index (χ2n) is 4.72. The molecular formula is C15H13ClF2O2. The summed E-state index contributed by atoms with van der Waals surface area (Å²) in [6.45, 7) is 1.32. The van der Waals surface area contributed by atoms with Gasteiger partial charge in [-0.25, -0.2) is 0 Å². The van der Waals surface area contributed by atoms with Crippen molar-refractivity contribution in [2.45, 2.75) is 17.7 Å². The van der Waals surface area contributed by atoms with Crippen molar-refractivity contribution in [1.82, 2.24) is 0 Å². The first-order chi connectivity index (χ1) is 9.25. The van der Waals surface area contributed by atoms with Gasteiger partial charge in [-0.2, -0.15) is 8.78 Å². The summed E-state index contributed by atoms with van der Waals surface area (Å²) in [5.74, 6) is -0.0283. The van der Waals surface area contributed by atoms with E-state index in [-0.39, 0.29) is 22.6 Å².